The minimum Gasteiger partial charge on any atom is -0.480 e. The monoisotopic (exact) mass is 311 g/mol. The highest BCUT2D eigenvalue weighted by atomic mass is 19.2. The zero-order chi connectivity index (χ0) is 16.2. The molecule has 1 amide bonds. The van der Waals surface area contributed by atoms with Gasteiger partial charge in [-0.3, -0.25) is 4.79 Å². The smallest absolute Gasteiger partial charge is 0.329 e. The molecular weight excluding hydrogens is 292 g/mol. The van der Waals surface area contributed by atoms with Gasteiger partial charge in [-0.05, 0) is 30.9 Å². The van der Waals surface area contributed by atoms with Crippen molar-refractivity contribution in [2.75, 3.05) is 0 Å². The molecule has 0 aromatic heterocycles. The van der Waals surface area contributed by atoms with Gasteiger partial charge in [-0.25, -0.2) is 13.6 Å². The van der Waals surface area contributed by atoms with Gasteiger partial charge in [-0.2, -0.15) is 0 Å². The van der Waals surface area contributed by atoms with Crippen molar-refractivity contribution < 1.29 is 23.5 Å². The molecule has 2 rings (SSSR count). The first-order valence-corrected chi connectivity index (χ1v) is 7.42. The highest BCUT2D eigenvalue weighted by molar-refractivity contribution is 5.87. The fraction of sp³-hybridized carbons (Fsp3) is 0.500. The van der Waals surface area contributed by atoms with Crippen molar-refractivity contribution in [3.8, 4) is 0 Å². The van der Waals surface area contributed by atoms with Gasteiger partial charge in [-0.1, -0.05) is 31.4 Å². The minimum absolute atomic E-state index is 0.0329. The lowest BCUT2D eigenvalue weighted by Crippen LogP contribution is -2.55. The highest BCUT2D eigenvalue weighted by Crippen LogP contribution is 2.28. The molecule has 0 heterocycles. The normalized spacial score (nSPS) is 17.0. The number of rotatable bonds is 5. The Morgan fingerprint density at radius 3 is 2.50 bits per heavy atom. The second kappa shape index (κ2) is 6.85. The number of halogens is 2. The van der Waals surface area contributed by atoms with E-state index in [4.69, 9.17) is 0 Å². The Hall–Kier alpha value is -1.98. The van der Waals surface area contributed by atoms with Gasteiger partial charge in [0.25, 0.3) is 0 Å². The van der Waals surface area contributed by atoms with Crippen molar-refractivity contribution >= 4 is 11.9 Å². The molecule has 0 radical (unpaired) electrons. The molecule has 1 saturated carbocycles. The highest BCUT2D eigenvalue weighted by Gasteiger charge is 2.40. The third kappa shape index (κ3) is 3.61. The van der Waals surface area contributed by atoms with E-state index in [9.17, 15) is 23.5 Å². The van der Waals surface area contributed by atoms with Crippen molar-refractivity contribution in [1.29, 1.82) is 0 Å². The number of carboxylic acid groups (broad SMARTS) is 1. The number of carbonyl (C=O) groups excluding carboxylic acids is 1. The van der Waals surface area contributed by atoms with Gasteiger partial charge >= 0.3 is 5.97 Å². The average molecular weight is 311 g/mol. The molecule has 0 atom stereocenters. The third-order valence-electron chi connectivity index (χ3n) is 4.15. The van der Waals surface area contributed by atoms with Gasteiger partial charge in [-0.15, -0.1) is 0 Å². The van der Waals surface area contributed by atoms with Crippen LogP contribution in [0.4, 0.5) is 8.78 Å². The summed E-state index contributed by atoms with van der Waals surface area (Å²) in [6, 6.07) is 3.81. The van der Waals surface area contributed by atoms with Crippen LogP contribution in [0.15, 0.2) is 18.2 Å². The van der Waals surface area contributed by atoms with Crippen molar-refractivity contribution in [2.45, 2.75) is 50.5 Å². The maximum Gasteiger partial charge on any atom is 0.329 e. The van der Waals surface area contributed by atoms with Gasteiger partial charge in [0.15, 0.2) is 11.6 Å². The molecule has 1 aromatic rings. The number of carboxylic acids is 1. The van der Waals surface area contributed by atoms with Crippen LogP contribution in [0.2, 0.25) is 0 Å². The topological polar surface area (TPSA) is 66.4 Å². The van der Waals surface area contributed by atoms with Gasteiger partial charge in [0.1, 0.15) is 5.54 Å². The molecule has 0 saturated heterocycles. The zero-order valence-corrected chi connectivity index (χ0v) is 12.2. The Bertz CT molecular complexity index is 569. The van der Waals surface area contributed by atoms with Crippen LogP contribution in [-0.4, -0.2) is 22.5 Å². The van der Waals surface area contributed by atoms with Crippen molar-refractivity contribution in [1.82, 2.24) is 5.32 Å². The second-order valence-corrected chi connectivity index (χ2v) is 5.71. The molecule has 0 unspecified atom stereocenters. The molecule has 1 aromatic carbocycles. The zero-order valence-electron chi connectivity index (χ0n) is 12.2. The van der Waals surface area contributed by atoms with Crippen molar-refractivity contribution in [3.63, 3.8) is 0 Å². The number of amides is 1. The summed E-state index contributed by atoms with van der Waals surface area (Å²) < 4.78 is 26.6. The first-order chi connectivity index (χ1) is 10.4. The van der Waals surface area contributed by atoms with Crippen LogP contribution in [0.1, 0.15) is 44.1 Å². The maximum absolute atomic E-state index is 13.5. The summed E-state index contributed by atoms with van der Waals surface area (Å²) in [5, 5.41) is 12.0. The Labute approximate surface area is 127 Å². The fourth-order valence-corrected chi connectivity index (χ4v) is 2.87. The summed E-state index contributed by atoms with van der Waals surface area (Å²) in [6.07, 6.45) is 3.24. The summed E-state index contributed by atoms with van der Waals surface area (Å²) in [5.74, 6) is -3.39. The maximum atomic E-state index is 13.5. The van der Waals surface area contributed by atoms with Crippen LogP contribution < -0.4 is 5.32 Å². The van der Waals surface area contributed by atoms with Crippen molar-refractivity contribution in [3.05, 3.63) is 35.4 Å². The number of benzene rings is 1. The molecule has 0 bridgehead atoms. The van der Waals surface area contributed by atoms with Crippen LogP contribution in [0, 0.1) is 11.6 Å². The molecule has 4 nitrogen and oxygen atoms in total. The Balaban J connectivity index is 1.97. The van der Waals surface area contributed by atoms with Gasteiger partial charge in [0.2, 0.25) is 5.91 Å². The molecule has 22 heavy (non-hydrogen) atoms. The SMILES string of the molecule is O=C(CCc1cccc(F)c1F)NC1(C(=O)O)CCCCC1. The van der Waals surface area contributed by atoms with E-state index in [0.29, 0.717) is 12.8 Å². The van der Waals surface area contributed by atoms with Crippen molar-refractivity contribution in [2.24, 2.45) is 0 Å². The predicted molar refractivity (Wildman–Crippen MR) is 76.3 cm³/mol. The predicted octanol–water partition coefficient (Wildman–Crippen LogP) is 2.80. The molecule has 6 heteroatoms. The molecule has 0 aliphatic heterocycles. The molecule has 1 fully saturated rings. The lowest BCUT2D eigenvalue weighted by molar-refractivity contribution is -0.149. The third-order valence-corrected chi connectivity index (χ3v) is 4.15. The standard InChI is InChI=1S/C16H19F2NO3/c17-12-6-4-5-11(14(12)18)7-8-13(20)19-16(15(21)22)9-2-1-3-10-16/h4-6H,1-3,7-10H2,(H,19,20)(H,21,22). The summed E-state index contributed by atoms with van der Waals surface area (Å²) in [7, 11) is 0. The Morgan fingerprint density at radius 1 is 1.18 bits per heavy atom. The summed E-state index contributed by atoms with van der Waals surface area (Å²) >= 11 is 0. The number of hydrogen-bond donors (Lipinski definition) is 2. The van der Waals surface area contributed by atoms with E-state index in [0.717, 1.165) is 25.3 Å². The van der Waals surface area contributed by atoms with Crippen LogP contribution in [-0.2, 0) is 16.0 Å². The molecular formula is C16H19F2NO3. The number of aliphatic carboxylic acids is 1. The quantitative estimate of drug-likeness (QED) is 0.878. The molecule has 120 valence electrons. The second-order valence-electron chi connectivity index (χ2n) is 5.71. The van der Waals surface area contributed by atoms with E-state index in [1.54, 1.807) is 0 Å². The van der Waals surface area contributed by atoms with Crippen LogP contribution in [0.3, 0.4) is 0 Å². The first-order valence-electron chi connectivity index (χ1n) is 7.42. The number of aryl methyl sites for hydroxylation is 1. The molecule has 1 aliphatic carbocycles. The summed E-state index contributed by atoms with van der Waals surface area (Å²) in [5.41, 5.74) is -1.10. The van der Waals surface area contributed by atoms with Gasteiger partial charge in [0, 0.05) is 6.42 Å². The summed E-state index contributed by atoms with van der Waals surface area (Å²) in [6.45, 7) is 0. The number of nitrogens with one attached hydrogen (secondary N) is 1. The van der Waals surface area contributed by atoms with E-state index in [1.807, 2.05) is 0 Å². The van der Waals surface area contributed by atoms with E-state index in [-0.39, 0.29) is 18.4 Å². The van der Waals surface area contributed by atoms with E-state index < -0.39 is 29.0 Å². The lowest BCUT2D eigenvalue weighted by Gasteiger charge is -2.34. The largest absolute Gasteiger partial charge is 0.480 e. The number of carbonyl (C=O) groups is 2. The van der Waals surface area contributed by atoms with Crippen LogP contribution in [0.5, 0.6) is 0 Å². The minimum atomic E-state index is -1.21. The summed E-state index contributed by atoms with van der Waals surface area (Å²) in [4.78, 5) is 23.5. The molecule has 0 spiro atoms. The average Bonchev–Trinajstić information content (AvgIpc) is 2.49. The van der Waals surface area contributed by atoms with E-state index >= 15 is 0 Å². The first kappa shape index (κ1) is 16.4. The Kier molecular flexibility index (Phi) is 5.11. The Morgan fingerprint density at radius 2 is 1.86 bits per heavy atom. The molecule has 2 N–H and O–H groups in total. The van der Waals surface area contributed by atoms with Crippen LogP contribution >= 0.6 is 0 Å². The van der Waals surface area contributed by atoms with Gasteiger partial charge < -0.3 is 10.4 Å². The number of hydrogen-bond acceptors (Lipinski definition) is 2. The van der Waals surface area contributed by atoms with Crippen LogP contribution in [0.25, 0.3) is 0 Å². The fourth-order valence-electron chi connectivity index (χ4n) is 2.87. The van der Waals surface area contributed by atoms with E-state index in [2.05, 4.69) is 5.32 Å². The van der Waals surface area contributed by atoms with Gasteiger partial charge in [0.05, 0.1) is 0 Å². The molecule has 1 aliphatic rings. The lowest BCUT2D eigenvalue weighted by atomic mass is 9.81. The van der Waals surface area contributed by atoms with E-state index in [1.165, 1.54) is 12.1 Å².